The quantitative estimate of drug-likeness (QED) is 0.289. The Hall–Kier alpha value is -1.80. The highest BCUT2D eigenvalue weighted by Crippen LogP contribution is 2.40. The van der Waals surface area contributed by atoms with Gasteiger partial charge in [-0.2, -0.15) is 0 Å². The van der Waals surface area contributed by atoms with Gasteiger partial charge in [-0.05, 0) is 90.6 Å². The maximum Gasteiger partial charge on any atom is 0.300 e. The lowest BCUT2D eigenvalue weighted by Crippen LogP contribution is -2.41. The first kappa shape index (κ1) is 26.5. The molecule has 0 saturated heterocycles. The highest BCUT2D eigenvalue weighted by molar-refractivity contribution is 6.31. The minimum atomic E-state index is -0.236. The van der Waals surface area contributed by atoms with Crippen molar-refractivity contribution < 1.29 is 4.65 Å². The summed E-state index contributed by atoms with van der Waals surface area (Å²) in [5, 5.41) is 0. The topological polar surface area (TPSA) is 9.23 Å². The second kappa shape index (κ2) is 10.4. The Balaban J connectivity index is 2.30. The highest BCUT2D eigenvalue weighted by Gasteiger charge is 2.35. The van der Waals surface area contributed by atoms with Gasteiger partial charge < -0.3 is 4.65 Å². The van der Waals surface area contributed by atoms with Crippen LogP contribution >= 0.6 is 0 Å². The van der Waals surface area contributed by atoms with E-state index in [-0.39, 0.29) is 22.2 Å². The van der Waals surface area contributed by atoms with Crippen LogP contribution < -0.4 is 0 Å². The summed E-state index contributed by atoms with van der Waals surface area (Å²) in [5.41, 5.74) is 6.13. The van der Waals surface area contributed by atoms with Crippen LogP contribution in [0.1, 0.15) is 81.6 Å². The van der Waals surface area contributed by atoms with Crippen LogP contribution in [0.2, 0.25) is 5.82 Å². The predicted molar refractivity (Wildman–Crippen MR) is 143 cm³/mol. The minimum Gasteiger partial charge on any atom is -0.435 e. The second-order valence-corrected chi connectivity index (χ2v) is 11.7. The average Bonchev–Trinajstić information content (AvgIpc) is 2.71. The third-order valence-corrected chi connectivity index (χ3v) is 6.81. The van der Waals surface area contributed by atoms with Gasteiger partial charge in [0.25, 0.3) is 0 Å². The predicted octanol–water partition coefficient (Wildman–Crippen LogP) is 8.87. The van der Waals surface area contributed by atoms with Gasteiger partial charge in [-0.15, -0.1) is 0 Å². The van der Waals surface area contributed by atoms with Gasteiger partial charge >= 0.3 is 7.48 Å². The lowest BCUT2D eigenvalue weighted by molar-refractivity contribution is 0.00210. The smallest absolute Gasteiger partial charge is 0.300 e. The third-order valence-electron chi connectivity index (χ3n) is 6.81. The summed E-state index contributed by atoms with van der Waals surface area (Å²) < 4.78 is 6.37. The van der Waals surface area contributed by atoms with Crippen molar-refractivity contribution in [1.82, 2.24) is 0 Å². The van der Waals surface area contributed by atoms with Gasteiger partial charge in [0.2, 0.25) is 0 Å². The van der Waals surface area contributed by atoms with Gasteiger partial charge in [0.05, 0.1) is 0 Å². The molecular weight excluding hydrogens is 387 g/mol. The van der Waals surface area contributed by atoms with Crippen LogP contribution in [0.5, 0.6) is 0 Å². The average molecular weight is 431 g/mol. The number of hydrogen-bond acceptors (Lipinski definition) is 1. The van der Waals surface area contributed by atoms with Gasteiger partial charge in [-0.3, -0.25) is 0 Å². The standard InChI is InChI=1S/C30H44BO/c1-11-15-24(23-16-13-12-14-17-23)18-22(2)25-19-26(28(3,4)5)21-27(20-25)31-32-30(9,10)29(6,7)8/h11,13,15-19,21,27H,2,12,14,20H2,1,3-10H3/b15-11-,24-18+. The van der Waals surface area contributed by atoms with E-state index in [4.69, 9.17) is 4.65 Å². The van der Waals surface area contributed by atoms with E-state index in [0.717, 1.165) is 24.8 Å². The Kier molecular flexibility index (Phi) is 8.62. The second-order valence-electron chi connectivity index (χ2n) is 11.7. The molecule has 0 aromatic heterocycles. The van der Waals surface area contributed by atoms with Crippen LogP contribution in [-0.4, -0.2) is 13.1 Å². The summed E-state index contributed by atoms with van der Waals surface area (Å²) in [6.07, 6.45) is 21.2. The van der Waals surface area contributed by atoms with Gasteiger partial charge in [0, 0.05) is 5.60 Å². The van der Waals surface area contributed by atoms with E-state index >= 15 is 0 Å². The zero-order valence-corrected chi connectivity index (χ0v) is 22.0. The summed E-state index contributed by atoms with van der Waals surface area (Å²) in [6.45, 7) is 24.4. The lowest BCUT2D eigenvalue weighted by atomic mass is 9.66. The van der Waals surface area contributed by atoms with Crippen LogP contribution in [0.25, 0.3) is 0 Å². The lowest BCUT2D eigenvalue weighted by Gasteiger charge is -2.40. The summed E-state index contributed by atoms with van der Waals surface area (Å²) in [5.74, 6) is 0.231. The molecule has 0 bridgehead atoms. The molecule has 173 valence electrons. The molecule has 2 aliphatic carbocycles. The Morgan fingerprint density at radius 1 is 1.09 bits per heavy atom. The fraction of sp³-hybridized carbons (Fsp3) is 0.533. The van der Waals surface area contributed by atoms with E-state index in [1.807, 2.05) is 0 Å². The molecule has 0 spiro atoms. The molecule has 32 heavy (non-hydrogen) atoms. The monoisotopic (exact) mass is 431 g/mol. The SMILES string of the molecule is C=C(/C=C(\C=C/C)C1=CCCC=C1)C1=CC(C(C)(C)C)=CC([B]OC(C)(C)C(C)(C)C)C1. The molecule has 2 aliphatic rings. The Morgan fingerprint density at radius 3 is 2.31 bits per heavy atom. The first-order valence-electron chi connectivity index (χ1n) is 12.1. The molecule has 0 saturated carbocycles. The fourth-order valence-electron chi connectivity index (χ4n) is 3.57. The molecule has 0 N–H and O–H groups in total. The highest BCUT2D eigenvalue weighted by atomic mass is 16.5. The summed E-state index contributed by atoms with van der Waals surface area (Å²) in [6, 6.07) is 0. The Labute approximate surface area is 199 Å². The summed E-state index contributed by atoms with van der Waals surface area (Å²) >= 11 is 0. The van der Waals surface area contributed by atoms with Gasteiger partial charge in [-0.1, -0.05) is 90.7 Å². The van der Waals surface area contributed by atoms with E-state index in [1.165, 1.54) is 22.3 Å². The summed E-state index contributed by atoms with van der Waals surface area (Å²) in [4.78, 5) is 0. The molecule has 0 heterocycles. The van der Waals surface area contributed by atoms with Gasteiger partial charge in [0.15, 0.2) is 0 Å². The maximum absolute atomic E-state index is 6.37. The van der Waals surface area contributed by atoms with E-state index in [2.05, 4.69) is 125 Å². The fourth-order valence-corrected chi connectivity index (χ4v) is 3.57. The first-order valence-corrected chi connectivity index (χ1v) is 12.1. The van der Waals surface area contributed by atoms with Crippen LogP contribution in [0.3, 0.4) is 0 Å². The molecule has 1 unspecified atom stereocenters. The normalized spacial score (nSPS) is 20.7. The van der Waals surface area contributed by atoms with E-state index in [0.29, 0.717) is 0 Å². The Morgan fingerprint density at radius 2 is 1.78 bits per heavy atom. The number of allylic oxidation sites excluding steroid dienone is 13. The molecule has 1 atom stereocenters. The maximum atomic E-state index is 6.37. The molecule has 0 aromatic rings. The van der Waals surface area contributed by atoms with Gasteiger partial charge in [-0.25, -0.2) is 0 Å². The van der Waals surface area contributed by atoms with E-state index in [9.17, 15) is 0 Å². The van der Waals surface area contributed by atoms with Crippen LogP contribution in [0, 0.1) is 10.8 Å². The zero-order valence-electron chi connectivity index (χ0n) is 22.0. The van der Waals surface area contributed by atoms with E-state index in [1.54, 1.807) is 0 Å². The number of rotatable bonds is 7. The van der Waals surface area contributed by atoms with E-state index < -0.39 is 0 Å². The van der Waals surface area contributed by atoms with Crippen molar-refractivity contribution in [1.29, 1.82) is 0 Å². The van der Waals surface area contributed by atoms with Crippen molar-refractivity contribution in [3.8, 4) is 0 Å². The van der Waals surface area contributed by atoms with Crippen molar-refractivity contribution in [3.63, 3.8) is 0 Å². The van der Waals surface area contributed by atoms with Crippen molar-refractivity contribution >= 4 is 7.48 Å². The molecule has 0 fully saturated rings. The molecule has 0 aliphatic heterocycles. The largest absolute Gasteiger partial charge is 0.435 e. The molecule has 1 radical (unpaired) electrons. The van der Waals surface area contributed by atoms with Crippen LogP contribution in [0.4, 0.5) is 0 Å². The molecular formula is C30H44BO. The van der Waals surface area contributed by atoms with Gasteiger partial charge in [0.1, 0.15) is 0 Å². The summed E-state index contributed by atoms with van der Waals surface area (Å²) in [7, 11) is 2.06. The molecule has 2 heteroatoms. The van der Waals surface area contributed by atoms with Crippen LogP contribution in [0.15, 0.2) is 83.1 Å². The zero-order chi connectivity index (χ0) is 24.2. The molecule has 0 aromatic carbocycles. The van der Waals surface area contributed by atoms with Crippen molar-refractivity contribution in [3.05, 3.63) is 83.1 Å². The van der Waals surface area contributed by atoms with Crippen molar-refractivity contribution in [2.24, 2.45) is 10.8 Å². The van der Waals surface area contributed by atoms with Crippen molar-refractivity contribution in [2.75, 3.05) is 0 Å². The minimum absolute atomic E-state index is 0.0579. The molecule has 0 amide bonds. The van der Waals surface area contributed by atoms with Crippen LogP contribution in [-0.2, 0) is 4.65 Å². The Bertz CT molecular complexity index is 873. The van der Waals surface area contributed by atoms with Crippen molar-refractivity contribution in [2.45, 2.75) is 93.0 Å². The molecule has 2 rings (SSSR count). The first-order chi connectivity index (χ1) is 14.7. The third kappa shape index (κ3) is 7.10. The molecule has 1 nitrogen and oxygen atoms in total. The number of hydrogen-bond donors (Lipinski definition) is 0.